The molecule has 1 N–H and O–H groups in total. The van der Waals surface area contributed by atoms with Gasteiger partial charge < -0.3 is 5.32 Å². The van der Waals surface area contributed by atoms with Gasteiger partial charge >= 0.3 is 0 Å². The molecule has 19 heavy (non-hydrogen) atoms. The van der Waals surface area contributed by atoms with Crippen LogP contribution >= 0.6 is 0 Å². The Balaban J connectivity index is 2.20. The summed E-state index contributed by atoms with van der Waals surface area (Å²) in [5.74, 6) is -0.624. The average molecular weight is 258 g/mol. The van der Waals surface area contributed by atoms with Crippen LogP contribution in [0.5, 0.6) is 0 Å². The molecule has 0 saturated carbocycles. The van der Waals surface area contributed by atoms with Crippen molar-refractivity contribution in [3.8, 4) is 0 Å². The van der Waals surface area contributed by atoms with E-state index in [-0.39, 0.29) is 11.7 Å². The van der Waals surface area contributed by atoms with Crippen LogP contribution in [0.3, 0.4) is 0 Å². The summed E-state index contributed by atoms with van der Waals surface area (Å²) in [7, 11) is 0. The fourth-order valence-corrected chi connectivity index (χ4v) is 1.74. The molecule has 0 unspecified atom stereocenters. The molecule has 0 aliphatic carbocycles. The molecular weight excluding hydrogens is 243 g/mol. The number of carbonyl (C=O) groups excluding carboxylic acids is 1. The van der Waals surface area contributed by atoms with Crippen LogP contribution in [0.2, 0.25) is 0 Å². The maximum Gasteiger partial charge on any atom is 0.235 e. The molecule has 1 amide bonds. The Bertz CT molecular complexity index is 582. The number of aromatic nitrogens is 1. The molecule has 0 bridgehead atoms. The Morgan fingerprint density at radius 3 is 2.42 bits per heavy atom. The van der Waals surface area contributed by atoms with Crippen molar-refractivity contribution in [2.24, 2.45) is 0 Å². The molecule has 98 valence electrons. The highest BCUT2D eigenvalue weighted by Crippen LogP contribution is 2.24. The summed E-state index contributed by atoms with van der Waals surface area (Å²) >= 11 is 0. The minimum Gasteiger partial charge on any atom is -0.310 e. The SMILES string of the molecule is CC(C)(C(=O)Nc1cccc(F)n1)c1ccccc1. The van der Waals surface area contributed by atoms with Gasteiger partial charge in [-0.1, -0.05) is 36.4 Å². The molecule has 1 aromatic carbocycles. The van der Waals surface area contributed by atoms with Crippen molar-refractivity contribution >= 4 is 11.7 Å². The molecule has 4 heteroatoms. The smallest absolute Gasteiger partial charge is 0.235 e. The fraction of sp³-hybridized carbons (Fsp3) is 0.200. The molecule has 0 aliphatic heterocycles. The van der Waals surface area contributed by atoms with Crippen LogP contribution in [0, 0.1) is 5.95 Å². The standard InChI is InChI=1S/C15H15FN2O/c1-15(2,11-7-4-3-5-8-11)14(19)18-13-10-6-9-12(16)17-13/h3-10H,1-2H3,(H,17,18,19). The van der Waals surface area contributed by atoms with Gasteiger partial charge in [0.1, 0.15) is 5.82 Å². The van der Waals surface area contributed by atoms with Gasteiger partial charge in [0.15, 0.2) is 0 Å². The summed E-state index contributed by atoms with van der Waals surface area (Å²) in [6, 6.07) is 13.7. The zero-order valence-electron chi connectivity index (χ0n) is 10.9. The lowest BCUT2D eigenvalue weighted by atomic mass is 9.84. The molecule has 2 rings (SSSR count). The third-order valence-corrected chi connectivity index (χ3v) is 3.02. The van der Waals surface area contributed by atoms with E-state index in [1.165, 1.54) is 12.1 Å². The number of carbonyl (C=O) groups is 1. The molecule has 0 fully saturated rings. The van der Waals surface area contributed by atoms with Crippen LogP contribution in [0.4, 0.5) is 10.2 Å². The van der Waals surface area contributed by atoms with Crippen LogP contribution in [0.25, 0.3) is 0 Å². The molecule has 0 radical (unpaired) electrons. The number of halogens is 1. The second kappa shape index (κ2) is 5.18. The lowest BCUT2D eigenvalue weighted by Gasteiger charge is -2.23. The molecule has 3 nitrogen and oxygen atoms in total. The highest BCUT2D eigenvalue weighted by molar-refractivity contribution is 5.97. The van der Waals surface area contributed by atoms with Gasteiger partial charge in [-0.2, -0.15) is 4.39 Å². The molecule has 0 aliphatic rings. The lowest BCUT2D eigenvalue weighted by molar-refractivity contribution is -0.120. The van der Waals surface area contributed by atoms with Gasteiger partial charge in [-0.3, -0.25) is 4.79 Å². The topological polar surface area (TPSA) is 42.0 Å². The first-order valence-electron chi connectivity index (χ1n) is 6.00. The van der Waals surface area contributed by atoms with E-state index in [1.54, 1.807) is 6.07 Å². The van der Waals surface area contributed by atoms with E-state index >= 15 is 0 Å². The van der Waals surface area contributed by atoms with Gasteiger partial charge in [0.2, 0.25) is 11.9 Å². The van der Waals surface area contributed by atoms with Gasteiger partial charge in [0.05, 0.1) is 5.41 Å². The third-order valence-electron chi connectivity index (χ3n) is 3.02. The molecule has 2 aromatic rings. The van der Waals surface area contributed by atoms with Crippen LogP contribution in [-0.4, -0.2) is 10.9 Å². The first-order valence-corrected chi connectivity index (χ1v) is 6.00. The zero-order chi connectivity index (χ0) is 13.9. The number of nitrogens with zero attached hydrogens (tertiary/aromatic N) is 1. The van der Waals surface area contributed by atoms with Gasteiger partial charge in [0, 0.05) is 0 Å². The van der Waals surface area contributed by atoms with Crippen molar-refractivity contribution in [1.82, 2.24) is 4.98 Å². The average Bonchev–Trinajstić information content (AvgIpc) is 2.39. The predicted molar refractivity (Wildman–Crippen MR) is 72.3 cm³/mol. The summed E-state index contributed by atoms with van der Waals surface area (Å²) in [5.41, 5.74) is 0.179. The van der Waals surface area contributed by atoms with Gasteiger partial charge in [-0.05, 0) is 31.5 Å². The number of nitrogens with one attached hydrogen (secondary N) is 1. The fourth-order valence-electron chi connectivity index (χ4n) is 1.74. The van der Waals surface area contributed by atoms with E-state index < -0.39 is 11.4 Å². The predicted octanol–water partition coefficient (Wildman–Crippen LogP) is 3.14. The van der Waals surface area contributed by atoms with Crippen LogP contribution in [-0.2, 0) is 10.2 Å². The Hall–Kier alpha value is -2.23. The van der Waals surface area contributed by atoms with E-state index in [0.29, 0.717) is 0 Å². The Labute approximate surface area is 111 Å². The van der Waals surface area contributed by atoms with Crippen molar-refractivity contribution < 1.29 is 9.18 Å². The van der Waals surface area contributed by atoms with Crippen LogP contribution in [0.1, 0.15) is 19.4 Å². The Morgan fingerprint density at radius 2 is 1.79 bits per heavy atom. The second-order valence-corrected chi connectivity index (χ2v) is 4.79. The minimum atomic E-state index is -0.713. The summed E-state index contributed by atoms with van der Waals surface area (Å²) in [5, 5.41) is 2.63. The van der Waals surface area contributed by atoms with Crippen molar-refractivity contribution in [3.05, 3.63) is 60.0 Å². The third kappa shape index (κ3) is 2.96. The van der Waals surface area contributed by atoms with E-state index in [4.69, 9.17) is 0 Å². The molecular formula is C15H15FN2O. The van der Waals surface area contributed by atoms with Crippen molar-refractivity contribution in [3.63, 3.8) is 0 Å². The minimum absolute atomic E-state index is 0.217. The van der Waals surface area contributed by atoms with Crippen molar-refractivity contribution in [2.75, 3.05) is 5.32 Å². The first-order chi connectivity index (χ1) is 9.00. The van der Waals surface area contributed by atoms with E-state index in [0.717, 1.165) is 5.56 Å². The number of rotatable bonds is 3. The van der Waals surface area contributed by atoms with Gasteiger partial charge in [0.25, 0.3) is 0 Å². The number of amides is 1. The van der Waals surface area contributed by atoms with E-state index in [1.807, 2.05) is 44.2 Å². The summed E-state index contributed by atoms with van der Waals surface area (Å²) in [6.45, 7) is 3.63. The van der Waals surface area contributed by atoms with E-state index in [2.05, 4.69) is 10.3 Å². The normalized spacial score (nSPS) is 11.1. The summed E-state index contributed by atoms with van der Waals surface area (Å²) in [4.78, 5) is 15.9. The van der Waals surface area contributed by atoms with Crippen LogP contribution in [0.15, 0.2) is 48.5 Å². The molecule has 1 aromatic heterocycles. The first kappa shape index (κ1) is 13.2. The highest BCUT2D eigenvalue weighted by Gasteiger charge is 2.29. The number of anilines is 1. The quantitative estimate of drug-likeness (QED) is 0.859. The van der Waals surface area contributed by atoms with Crippen molar-refractivity contribution in [1.29, 1.82) is 0 Å². The largest absolute Gasteiger partial charge is 0.310 e. The number of hydrogen-bond acceptors (Lipinski definition) is 2. The van der Waals surface area contributed by atoms with Crippen LogP contribution < -0.4 is 5.32 Å². The van der Waals surface area contributed by atoms with Gasteiger partial charge in [-0.25, -0.2) is 4.98 Å². The lowest BCUT2D eigenvalue weighted by Crippen LogP contribution is -2.35. The second-order valence-electron chi connectivity index (χ2n) is 4.79. The Kier molecular flexibility index (Phi) is 3.60. The maximum atomic E-state index is 13.0. The van der Waals surface area contributed by atoms with Crippen molar-refractivity contribution in [2.45, 2.75) is 19.3 Å². The zero-order valence-corrected chi connectivity index (χ0v) is 10.9. The highest BCUT2D eigenvalue weighted by atomic mass is 19.1. The number of hydrogen-bond donors (Lipinski definition) is 1. The Morgan fingerprint density at radius 1 is 1.11 bits per heavy atom. The molecule has 1 heterocycles. The van der Waals surface area contributed by atoms with Gasteiger partial charge in [-0.15, -0.1) is 0 Å². The summed E-state index contributed by atoms with van der Waals surface area (Å²) in [6.07, 6.45) is 0. The summed E-state index contributed by atoms with van der Waals surface area (Å²) < 4.78 is 13.0. The molecule has 0 spiro atoms. The molecule has 0 saturated heterocycles. The van der Waals surface area contributed by atoms with E-state index in [9.17, 15) is 9.18 Å². The maximum absolute atomic E-state index is 13.0. The number of pyridine rings is 1. The number of benzene rings is 1. The monoisotopic (exact) mass is 258 g/mol. The molecule has 0 atom stereocenters.